The van der Waals surface area contributed by atoms with Crippen LogP contribution in [0.4, 0.5) is 10.1 Å². The molecular weight excluding hydrogens is 326 g/mol. The second-order valence-electron chi connectivity index (χ2n) is 3.36. The van der Waals surface area contributed by atoms with Crippen LogP contribution in [0.15, 0.2) is 18.3 Å². The molecule has 0 radical (unpaired) electrons. The Bertz CT molecular complexity index is 447. The Labute approximate surface area is 106 Å². The number of rotatable bonds is 3. The van der Waals surface area contributed by atoms with E-state index < -0.39 is 10.7 Å². The normalized spacial score (nSPS) is 10.8. The molecule has 6 heteroatoms. The van der Waals surface area contributed by atoms with Gasteiger partial charge in [0.1, 0.15) is 5.82 Å². The van der Waals surface area contributed by atoms with Gasteiger partial charge in [-0.3, -0.25) is 10.1 Å². The van der Waals surface area contributed by atoms with Gasteiger partial charge in [-0.1, -0.05) is 0 Å². The summed E-state index contributed by atoms with van der Waals surface area (Å²) in [5.74, 6) is -0.454. The summed E-state index contributed by atoms with van der Waals surface area (Å²) in [7, 11) is 3.57. The molecule has 0 unspecified atom stereocenters. The second kappa shape index (κ2) is 5.24. The summed E-state index contributed by atoms with van der Waals surface area (Å²) in [6.07, 6.45) is 3.14. The molecule has 0 bridgehead atoms. The Balaban J connectivity index is 3.25. The molecule has 0 N–H and O–H groups in total. The van der Waals surface area contributed by atoms with Crippen molar-refractivity contribution in [3.8, 4) is 0 Å². The van der Waals surface area contributed by atoms with E-state index in [1.807, 2.05) is 0 Å². The van der Waals surface area contributed by atoms with Gasteiger partial charge < -0.3 is 4.90 Å². The van der Waals surface area contributed by atoms with E-state index in [1.165, 1.54) is 18.2 Å². The number of halogens is 2. The third kappa shape index (κ3) is 3.16. The van der Waals surface area contributed by atoms with Crippen LogP contribution in [-0.2, 0) is 0 Å². The van der Waals surface area contributed by atoms with Gasteiger partial charge in [0.2, 0.25) is 0 Å². The van der Waals surface area contributed by atoms with E-state index >= 15 is 0 Å². The van der Waals surface area contributed by atoms with Crippen molar-refractivity contribution in [2.45, 2.75) is 0 Å². The zero-order chi connectivity index (χ0) is 12.3. The first-order valence-electron chi connectivity index (χ1n) is 4.40. The van der Waals surface area contributed by atoms with E-state index in [0.29, 0.717) is 0 Å². The van der Waals surface area contributed by atoms with Crippen LogP contribution in [0.25, 0.3) is 6.08 Å². The van der Waals surface area contributed by atoms with Crippen molar-refractivity contribution in [1.29, 1.82) is 0 Å². The molecule has 0 saturated heterocycles. The zero-order valence-electron chi connectivity index (χ0n) is 8.78. The fourth-order valence-corrected chi connectivity index (χ4v) is 1.52. The summed E-state index contributed by atoms with van der Waals surface area (Å²) in [6.45, 7) is 0. The van der Waals surface area contributed by atoms with E-state index in [1.54, 1.807) is 47.8 Å². The molecule has 0 heterocycles. The summed E-state index contributed by atoms with van der Waals surface area (Å²) in [5.41, 5.74) is 0.167. The van der Waals surface area contributed by atoms with E-state index in [0.717, 1.165) is 0 Å². The lowest BCUT2D eigenvalue weighted by molar-refractivity contribution is -0.385. The highest BCUT2D eigenvalue weighted by atomic mass is 127. The van der Waals surface area contributed by atoms with Gasteiger partial charge in [-0.25, -0.2) is 4.39 Å². The van der Waals surface area contributed by atoms with Crippen molar-refractivity contribution in [3.05, 3.63) is 43.4 Å². The highest BCUT2D eigenvalue weighted by molar-refractivity contribution is 14.1. The average molecular weight is 336 g/mol. The quantitative estimate of drug-likeness (QED) is 0.484. The molecule has 0 atom stereocenters. The van der Waals surface area contributed by atoms with E-state index in [2.05, 4.69) is 0 Å². The lowest BCUT2D eigenvalue weighted by Crippen LogP contribution is -2.01. The fraction of sp³-hybridized carbons (Fsp3) is 0.200. The monoisotopic (exact) mass is 336 g/mol. The SMILES string of the molecule is CN(C)C=Cc1cc(F)c(I)cc1[N+](=O)[O-]. The first-order chi connectivity index (χ1) is 7.41. The van der Waals surface area contributed by atoms with Crippen molar-refractivity contribution in [1.82, 2.24) is 4.90 Å². The van der Waals surface area contributed by atoms with E-state index in [-0.39, 0.29) is 14.8 Å². The molecule has 0 aliphatic carbocycles. The minimum atomic E-state index is -0.517. The minimum absolute atomic E-state index is 0.0936. The largest absolute Gasteiger partial charge is 0.383 e. The first-order valence-corrected chi connectivity index (χ1v) is 5.47. The summed E-state index contributed by atoms with van der Waals surface area (Å²) in [6, 6.07) is 2.39. The van der Waals surface area contributed by atoms with Gasteiger partial charge in [-0.15, -0.1) is 0 Å². The fourth-order valence-electron chi connectivity index (χ4n) is 1.07. The molecule has 1 aromatic carbocycles. The molecule has 0 saturated carbocycles. The van der Waals surface area contributed by atoms with E-state index in [9.17, 15) is 14.5 Å². The van der Waals surface area contributed by atoms with Crippen molar-refractivity contribution >= 4 is 34.4 Å². The number of benzene rings is 1. The van der Waals surface area contributed by atoms with Crippen LogP contribution in [0.2, 0.25) is 0 Å². The van der Waals surface area contributed by atoms with E-state index in [4.69, 9.17) is 0 Å². The average Bonchev–Trinajstić information content (AvgIpc) is 2.18. The van der Waals surface area contributed by atoms with Crippen molar-refractivity contribution in [3.63, 3.8) is 0 Å². The third-order valence-electron chi connectivity index (χ3n) is 1.82. The smallest absolute Gasteiger partial charge is 0.277 e. The molecule has 0 fully saturated rings. The summed E-state index contributed by atoms with van der Waals surface area (Å²) >= 11 is 1.73. The Morgan fingerprint density at radius 1 is 1.50 bits per heavy atom. The van der Waals surface area contributed by atoms with Gasteiger partial charge in [0.15, 0.2) is 0 Å². The van der Waals surface area contributed by atoms with Crippen LogP contribution < -0.4 is 0 Å². The van der Waals surface area contributed by atoms with Crippen molar-refractivity contribution in [2.24, 2.45) is 0 Å². The van der Waals surface area contributed by atoms with Crippen LogP contribution in [0.1, 0.15) is 5.56 Å². The second-order valence-corrected chi connectivity index (χ2v) is 4.52. The minimum Gasteiger partial charge on any atom is -0.383 e. The Kier molecular flexibility index (Phi) is 4.22. The number of hydrogen-bond acceptors (Lipinski definition) is 3. The molecule has 0 aromatic heterocycles. The summed E-state index contributed by atoms with van der Waals surface area (Å²) in [4.78, 5) is 12.0. The maximum atomic E-state index is 13.3. The van der Waals surface area contributed by atoms with Crippen LogP contribution in [0, 0.1) is 19.5 Å². The first kappa shape index (κ1) is 12.9. The van der Waals surface area contributed by atoms with Gasteiger partial charge in [0, 0.05) is 20.2 Å². The highest BCUT2D eigenvalue weighted by Gasteiger charge is 2.15. The molecule has 4 nitrogen and oxygen atoms in total. The highest BCUT2D eigenvalue weighted by Crippen LogP contribution is 2.25. The Hall–Kier alpha value is -1.18. The van der Waals surface area contributed by atoms with Gasteiger partial charge >= 0.3 is 0 Å². The summed E-state index contributed by atoms with van der Waals surface area (Å²) < 4.78 is 13.5. The molecule has 1 aromatic rings. The molecule has 86 valence electrons. The molecule has 0 aliphatic rings. The van der Waals surface area contributed by atoms with Gasteiger partial charge in [0.25, 0.3) is 5.69 Å². The third-order valence-corrected chi connectivity index (χ3v) is 2.65. The molecular formula is C10H10FIN2O2. The molecule has 1 rings (SSSR count). The number of nitro groups is 1. The predicted molar refractivity (Wildman–Crippen MR) is 68.5 cm³/mol. The lowest BCUT2D eigenvalue weighted by Gasteiger charge is -2.04. The molecule has 0 amide bonds. The van der Waals surface area contributed by atoms with Gasteiger partial charge in [0.05, 0.1) is 14.1 Å². The van der Waals surface area contributed by atoms with Crippen LogP contribution in [-0.4, -0.2) is 23.9 Å². The van der Waals surface area contributed by atoms with Crippen LogP contribution in [0.5, 0.6) is 0 Å². The van der Waals surface area contributed by atoms with Crippen LogP contribution in [0.3, 0.4) is 0 Å². The standard InChI is InChI=1S/C10H10FIN2O2/c1-13(2)4-3-7-5-8(11)9(12)6-10(7)14(15)16/h3-6H,1-2H3. The Morgan fingerprint density at radius 3 is 2.62 bits per heavy atom. The molecule has 16 heavy (non-hydrogen) atoms. The van der Waals surface area contributed by atoms with Gasteiger partial charge in [-0.05, 0) is 40.9 Å². The van der Waals surface area contributed by atoms with Crippen molar-refractivity contribution < 1.29 is 9.31 Å². The zero-order valence-corrected chi connectivity index (χ0v) is 10.9. The van der Waals surface area contributed by atoms with Gasteiger partial charge in [-0.2, -0.15) is 0 Å². The number of nitrogens with zero attached hydrogens (tertiary/aromatic N) is 2. The number of hydrogen-bond donors (Lipinski definition) is 0. The molecule has 0 spiro atoms. The van der Waals surface area contributed by atoms with Crippen molar-refractivity contribution in [2.75, 3.05) is 14.1 Å². The lowest BCUT2D eigenvalue weighted by atomic mass is 10.1. The predicted octanol–water partition coefficient (Wildman–Crippen LogP) is 2.87. The Morgan fingerprint density at radius 2 is 2.12 bits per heavy atom. The number of nitro benzene ring substituents is 1. The summed E-state index contributed by atoms with van der Waals surface area (Å²) in [5, 5.41) is 10.8. The topological polar surface area (TPSA) is 46.4 Å². The van der Waals surface area contributed by atoms with Crippen LogP contribution >= 0.6 is 22.6 Å². The molecule has 0 aliphatic heterocycles. The maximum Gasteiger partial charge on any atom is 0.277 e. The maximum absolute atomic E-state index is 13.3.